The third kappa shape index (κ3) is 3.33. The summed E-state index contributed by atoms with van der Waals surface area (Å²) in [6, 6.07) is 23.5. The van der Waals surface area contributed by atoms with Crippen molar-refractivity contribution < 1.29 is 14.2 Å². The lowest BCUT2D eigenvalue weighted by molar-refractivity contribution is 0.171. The first-order valence-corrected chi connectivity index (χ1v) is 8.44. The van der Waals surface area contributed by atoms with Gasteiger partial charge in [-0.15, -0.1) is 0 Å². The van der Waals surface area contributed by atoms with Crippen molar-refractivity contribution in [3.05, 3.63) is 77.9 Å². The van der Waals surface area contributed by atoms with Gasteiger partial charge in [-0.1, -0.05) is 42.5 Å². The second kappa shape index (κ2) is 7.20. The average molecular weight is 343 g/mol. The molecule has 0 aromatic heterocycles. The number of hydrogen-bond acceptors (Lipinski definition) is 4. The Bertz CT molecular complexity index is 961. The van der Waals surface area contributed by atoms with E-state index >= 15 is 0 Å². The van der Waals surface area contributed by atoms with E-state index < -0.39 is 0 Å². The summed E-state index contributed by atoms with van der Waals surface area (Å²) in [6.45, 7) is 1.55. The summed E-state index contributed by atoms with van der Waals surface area (Å²) in [5.41, 5.74) is 3.48. The highest BCUT2D eigenvalue weighted by atomic mass is 16.6. The third-order valence-electron chi connectivity index (χ3n) is 4.21. The molecule has 4 nitrogen and oxygen atoms in total. The molecular formula is C22H17NO3. The number of ether oxygens (including phenoxy) is 3. The van der Waals surface area contributed by atoms with Crippen LogP contribution in [0.1, 0.15) is 11.1 Å². The summed E-state index contributed by atoms with van der Waals surface area (Å²) >= 11 is 0. The van der Waals surface area contributed by atoms with Gasteiger partial charge in [0.05, 0.1) is 5.56 Å². The van der Waals surface area contributed by atoms with E-state index in [1.54, 1.807) is 0 Å². The fourth-order valence-corrected chi connectivity index (χ4v) is 2.88. The summed E-state index contributed by atoms with van der Waals surface area (Å²) in [4.78, 5) is 0. The lowest BCUT2D eigenvalue weighted by atomic mass is 10.0. The van der Waals surface area contributed by atoms with E-state index in [0.29, 0.717) is 31.1 Å². The van der Waals surface area contributed by atoms with E-state index in [1.807, 2.05) is 66.7 Å². The molecule has 0 saturated carbocycles. The highest BCUT2D eigenvalue weighted by molar-refractivity contribution is 5.70. The quantitative estimate of drug-likeness (QED) is 0.696. The Balaban J connectivity index is 1.58. The molecule has 0 bridgehead atoms. The van der Waals surface area contributed by atoms with Crippen LogP contribution in [0.5, 0.6) is 17.2 Å². The van der Waals surface area contributed by atoms with E-state index in [4.69, 9.17) is 14.2 Å². The van der Waals surface area contributed by atoms with Crippen LogP contribution >= 0.6 is 0 Å². The number of nitriles is 1. The maximum atomic E-state index is 9.50. The van der Waals surface area contributed by atoms with Gasteiger partial charge >= 0.3 is 0 Å². The number of nitrogens with zero attached hydrogens (tertiary/aromatic N) is 1. The Kier molecular flexibility index (Phi) is 4.44. The van der Waals surface area contributed by atoms with Gasteiger partial charge in [-0.3, -0.25) is 0 Å². The van der Waals surface area contributed by atoms with Crippen molar-refractivity contribution in [2.45, 2.75) is 6.61 Å². The lowest BCUT2D eigenvalue weighted by Crippen LogP contribution is -2.15. The first-order valence-electron chi connectivity index (χ1n) is 8.44. The predicted octanol–water partition coefficient (Wildman–Crippen LogP) is 4.58. The summed E-state index contributed by atoms with van der Waals surface area (Å²) < 4.78 is 17.0. The molecule has 0 fully saturated rings. The van der Waals surface area contributed by atoms with Crippen molar-refractivity contribution in [3.63, 3.8) is 0 Å². The molecule has 3 aromatic carbocycles. The van der Waals surface area contributed by atoms with Crippen molar-refractivity contribution >= 4 is 0 Å². The van der Waals surface area contributed by atoms with Crippen molar-refractivity contribution in [1.29, 1.82) is 5.26 Å². The van der Waals surface area contributed by atoms with Gasteiger partial charge < -0.3 is 14.2 Å². The molecule has 26 heavy (non-hydrogen) atoms. The Hall–Kier alpha value is -3.45. The minimum Gasteiger partial charge on any atom is -0.488 e. The largest absolute Gasteiger partial charge is 0.488 e. The number of fused-ring (bicyclic) bond motifs is 1. The number of benzene rings is 3. The molecule has 0 saturated heterocycles. The number of hydrogen-bond donors (Lipinski definition) is 0. The van der Waals surface area contributed by atoms with Crippen molar-refractivity contribution in [2.24, 2.45) is 0 Å². The lowest BCUT2D eigenvalue weighted by Gasteiger charge is -2.19. The van der Waals surface area contributed by atoms with Crippen LogP contribution in [0.15, 0.2) is 66.7 Å². The molecule has 0 amide bonds. The second-order valence-corrected chi connectivity index (χ2v) is 5.96. The van der Waals surface area contributed by atoms with Crippen LogP contribution in [-0.2, 0) is 6.61 Å². The van der Waals surface area contributed by atoms with E-state index in [9.17, 15) is 5.26 Å². The Morgan fingerprint density at radius 3 is 2.38 bits per heavy atom. The molecule has 1 aliphatic rings. The molecule has 4 rings (SSSR count). The number of rotatable bonds is 4. The summed E-state index contributed by atoms with van der Waals surface area (Å²) in [6.07, 6.45) is 0. The SMILES string of the molecule is N#Cc1cc(-c2ccc3c(c2)OCCO3)ccc1OCc1ccccc1. The third-order valence-corrected chi connectivity index (χ3v) is 4.21. The van der Waals surface area contributed by atoms with E-state index in [0.717, 1.165) is 28.2 Å². The summed E-state index contributed by atoms with van der Waals surface area (Å²) in [7, 11) is 0. The Labute approximate surface area is 152 Å². The molecule has 0 atom stereocenters. The van der Waals surface area contributed by atoms with Gasteiger partial charge in [0.25, 0.3) is 0 Å². The smallest absolute Gasteiger partial charge is 0.161 e. The molecule has 0 N–H and O–H groups in total. The van der Waals surface area contributed by atoms with Crippen LogP contribution in [0.3, 0.4) is 0 Å². The van der Waals surface area contributed by atoms with Gasteiger partial charge in [-0.2, -0.15) is 5.26 Å². The molecule has 1 aliphatic heterocycles. The summed E-state index contributed by atoms with van der Waals surface area (Å²) in [5.74, 6) is 2.07. The maximum Gasteiger partial charge on any atom is 0.161 e. The van der Waals surface area contributed by atoms with Gasteiger partial charge in [0.15, 0.2) is 11.5 Å². The fourth-order valence-electron chi connectivity index (χ4n) is 2.88. The molecule has 3 aromatic rings. The van der Waals surface area contributed by atoms with Gasteiger partial charge in [0.1, 0.15) is 31.6 Å². The van der Waals surface area contributed by atoms with Crippen LogP contribution in [-0.4, -0.2) is 13.2 Å². The molecule has 0 aliphatic carbocycles. The standard InChI is InChI=1S/C22H17NO3/c23-14-19-12-17(18-7-9-21-22(13-18)25-11-10-24-21)6-8-20(19)26-15-16-4-2-1-3-5-16/h1-9,12-13H,10-11,15H2. The molecule has 4 heteroatoms. The van der Waals surface area contributed by atoms with Gasteiger partial charge in [-0.05, 0) is 41.0 Å². The second-order valence-electron chi connectivity index (χ2n) is 5.96. The summed E-state index contributed by atoms with van der Waals surface area (Å²) in [5, 5.41) is 9.50. The van der Waals surface area contributed by atoms with Crippen LogP contribution < -0.4 is 14.2 Å². The van der Waals surface area contributed by atoms with Crippen LogP contribution in [0.2, 0.25) is 0 Å². The van der Waals surface area contributed by atoms with Gasteiger partial charge in [0, 0.05) is 0 Å². The van der Waals surface area contributed by atoms with Crippen LogP contribution in [0, 0.1) is 11.3 Å². The maximum absolute atomic E-state index is 9.50. The predicted molar refractivity (Wildman–Crippen MR) is 98.4 cm³/mol. The average Bonchev–Trinajstić information content (AvgIpc) is 2.72. The molecule has 0 unspecified atom stereocenters. The Morgan fingerprint density at radius 2 is 1.58 bits per heavy atom. The van der Waals surface area contributed by atoms with E-state index in [2.05, 4.69) is 6.07 Å². The fraction of sp³-hybridized carbons (Fsp3) is 0.136. The molecule has 0 radical (unpaired) electrons. The monoisotopic (exact) mass is 343 g/mol. The molecular weight excluding hydrogens is 326 g/mol. The highest BCUT2D eigenvalue weighted by Crippen LogP contribution is 2.35. The zero-order valence-electron chi connectivity index (χ0n) is 14.1. The van der Waals surface area contributed by atoms with Gasteiger partial charge in [-0.25, -0.2) is 0 Å². The topological polar surface area (TPSA) is 51.5 Å². The highest BCUT2D eigenvalue weighted by Gasteiger charge is 2.13. The minimum absolute atomic E-state index is 0.429. The Morgan fingerprint density at radius 1 is 0.846 bits per heavy atom. The van der Waals surface area contributed by atoms with Crippen molar-refractivity contribution in [3.8, 4) is 34.4 Å². The van der Waals surface area contributed by atoms with E-state index in [1.165, 1.54) is 0 Å². The van der Waals surface area contributed by atoms with Gasteiger partial charge in [0.2, 0.25) is 0 Å². The zero-order valence-corrected chi connectivity index (χ0v) is 14.1. The molecule has 0 spiro atoms. The van der Waals surface area contributed by atoms with Crippen LogP contribution in [0.4, 0.5) is 0 Å². The normalized spacial score (nSPS) is 12.3. The van der Waals surface area contributed by atoms with Crippen molar-refractivity contribution in [2.75, 3.05) is 13.2 Å². The van der Waals surface area contributed by atoms with E-state index in [-0.39, 0.29) is 0 Å². The minimum atomic E-state index is 0.429. The molecule has 128 valence electrons. The van der Waals surface area contributed by atoms with Crippen LogP contribution in [0.25, 0.3) is 11.1 Å². The zero-order chi connectivity index (χ0) is 17.8. The van der Waals surface area contributed by atoms with Crippen molar-refractivity contribution in [1.82, 2.24) is 0 Å². The molecule has 1 heterocycles. The first kappa shape index (κ1) is 16.0. The first-order chi connectivity index (χ1) is 12.8.